The summed E-state index contributed by atoms with van der Waals surface area (Å²) in [5, 5.41) is 0.837. The first-order valence-electron chi connectivity index (χ1n) is 9.74. The molecule has 148 valence electrons. The Morgan fingerprint density at radius 2 is 1.59 bits per heavy atom. The van der Waals surface area contributed by atoms with Crippen LogP contribution >= 0.6 is 0 Å². The van der Waals surface area contributed by atoms with Crippen molar-refractivity contribution in [2.45, 2.75) is 6.92 Å². The summed E-state index contributed by atoms with van der Waals surface area (Å²) in [7, 11) is 0. The molecule has 0 bridgehead atoms. The highest BCUT2D eigenvalue weighted by Crippen LogP contribution is 2.14. The number of Topliss-reactive ketones (excluding diaryl/α,β-unsaturated/α-hetero) is 1. The van der Waals surface area contributed by atoms with Gasteiger partial charge < -0.3 is 9.88 Å². The number of benzene rings is 2. The SMILES string of the molecule is Cc1ccc(C(=O)N2CCN(CC(=O)c3ccc4[nH]c(=O)ccc4c3)CC2)cc1. The highest BCUT2D eigenvalue weighted by atomic mass is 16.2. The van der Waals surface area contributed by atoms with Crippen molar-refractivity contribution in [2.75, 3.05) is 32.7 Å². The first-order chi connectivity index (χ1) is 14.0. The zero-order valence-electron chi connectivity index (χ0n) is 16.4. The number of rotatable bonds is 4. The number of hydrogen-bond donors (Lipinski definition) is 1. The van der Waals surface area contributed by atoms with Crippen molar-refractivity contribution >= 4 is 22.6 Å². The van der Waals surface area contributed by atoms with E-state index in [9.17, 15) is 14.4 Å². The third-order valence-corrected chi connectivity index (χ3v) is 5.37. The summed E-state index contributed by atoms with van der Waals surface area (Å²) in [5.74, 6) is 0.0795. The Morgan fingerprint density at radius 1 is 0.897 bits per heavy atom. The third-order valence-electron chi connectivity index (χ3n) is 5.37. The molecule has 0 atom stereocenters. The lowest BCUT2D eigenvalue weighted by Crippen LogP contribution is -2.49. The van der Waals surface area contributed by atoms with Crippen LogP contribution in [0.15, 0.2) is 59.4 Å². The molecule has 0 unspecified atom stereocenters. The lowest BCUT2D eigenvalue weighted by molar-refractivity contribution is 0.0624. The molecule has 6 heteroatoms. The number of fused-ring (bicyclic) bond motifs is 1. The van der Waals surface area contributed by atoms with Gasteiger partial charge in [0.1, 0.15) is 0 Å². The minimum atomic E-state index is -0.158. The van der Waals surface area contributed by atoms with Crippen LogP contribution in [0.5, 0.6) is 0 Å². The fourth-order valence-corrected chi connectivity index (χ4v) is 3.61. The number of carbonyl (C=O) groups is 2. The van der Waals surface area contributed by atoms with Crippen LogP contribution in [-0.2, 0) is 0 Å². The Labute approximate surface area is 168 Å². The number of aromatic amines is 1. The van der Waals surface area contributed by atoms with Crippen molar-refractivity contribution in [2.24, 2.45) is 0 Å². The van der Waals surface area contributed by atoms with Crippen LogP contribution in [0.4, 0.5) is 0 Å². The number of aromatic nitrogens is 1. The lowest BCUT2D eigenvalue weighted by Gasteiger charge is -2.34. The molecule has 1 N–H and O–H groups in total. The molecule has 1 fully saturated rings. The van der Waals surface area contributed by atoms with Gasteiger partial charge in [-0.1, -0.05) is 17.7 Å². The van der Waals surface area contributed by atoms with Crippen LogP contribution in [0.1, 0.15) is 26.3 Å². The largest absolute Gasteiger partial charge is 0.336 e. The zero-order chi connectivity index (χ0) is 20.4. The van der Waals surface area contributed by atoms with Crippen LogP contribution in [0, 0.1) is 6.92 Å². The van der Waals surface area contributed by atoms with Gasteiger partial charge in [0.15, 0.2) is 5.78 Å². The van der Waals surface area contributed by atoms with Gasteiger partial charge in [-0.05, 0) is 48.7 Å². The Bertz CT molecular complexity index is 1110. The second-order valence-corrected chi connectivity index (χ2v) is 7.48. The summed E-state index contributed by atoms with van der Waals surface area (Å²) in [6.07, 6.45) is 0. The number of hydrogen-bond acceptors (Lipinski definition) is 4. The van der Waals surface area contributed by atoms with E-state index >= 15 is 0 Å². The number of nitrogens with one attached hydrogen (secondary N) is 1. The number of nitrogens with zero attached hydrogens (tertiary/aromatic N) is 2. The molecule has 1 aromatic heterocycles. The normalized spacial score (nSPS) is 14.9. The molecule has 1 aliphatic heterocycles. The van der Waals surface area contributed by atoms with Crippen molar-refractivity contribution in [1.29, 1.82) is 0 Å². The van der Waals surface area contributed by atoms with E-state index in [0.29, 0.717) is 43.9 Å². The van der Waals surface area contributed by atoms with E-state index in [1.54, 1.807) is 18.2 Å². The predicted octanol–water partition coefficient (Wildman–Crippen LogP) is 2.48. The molecule has 4 rings (SSSR count). The van der Waals surface area contributed by atoms with Crippen molar-refractivity contribution in [1.82, 2.24) is 14.8 Å². The maximum absolute atomic E-state index is 12.7. The first-order valence-corrected chi connectivity index (χ1v) is 9.74. The highest BCUT2D eigenvalue weighted by Gasteiger charge is 2.23. The molecule has 29 heavy (non-hydrogen) atoms. The quantitative estimate of drug-likeness (QED) is 0.696. The van der Waals surface area contributed by atoms with E-state index in [1.165, 1.54) is 6.07 Å². The van der Waals surface area contributed by atoms with E-state index in [2.05, 4.69) is 9.88 Å². The summed E-state index contributed by atoms with van der Waals surface area (Å²) in [5.41, 5.74) is 3.02. The standard InChI is InChI=1S/C23H23N3O3/c1-16-2-4-17(5-3-16)23(29)26-12-10-25(11-13-26)15-21(27)19-6-8-20-18(14-19)7-9-22(28)24-20/h2-9,14H,10-13,15H2,1H3,(H,24,28). The van der Waals surface area contributed by atoms with E-state index in [0.717, 1.165) is 16.5 Å². The molecule has 2 heterocycles. The fourth-order valence-electron chi connectivity index (χ4n) is 3.61. The summed E-state index contributed by atoms with van der Waals surface area (Å²) in [4.78, 5) is 43.4. The first kappa shape index (κ1) is 19.1. The summed E-state index contributed by atoms with van der Waals surface area (Å²) in [6.45, 7) is 4.88. The van der Waals surface area contributed by atoms with Crippen LogP contribution in [-0.4, -0.2) is 59.2 Å². The number of amides is 1. The predicted molar refractivity (Wildman–Crippen MR) is 112 cm³/mol. The number of aryl methyl sites for hydroxylation is 1. The van der Waals surface area contributed by atoms with Gasteiger partial charge >= 0.3 is 0 Å². The molecule has 0 saturated carbocycles. The van der Waals surface area contributed by atoms with Crippen LogP contribution in [0.25, 0.3) is 10.9 Å². The fraction of sp³-hybridized carbons (Fsp3) is 0.261. The molecule has 3 aromatic rings. The molecule has 0 radical (unpaired) electrons. The van der Waals surface area contributed by atoms with Gasteiger partial charge in [-0.2, -0.15) is 0 Å². The second-order valence-electron chi connectivity index (χ2n) is 7.48. The number of pyridine rings is 1. The summed E-state index contributed by atoms with van der Waals surface area (Å²) in [6, 6.07) is 16.1. The molecule has 1 amide bonds. The van der Waals surface area contributed by atoms with Gasteiger partial charge in [-0.25, -0.2) is 0 Å². The Balaban J connectivity index is 1.36. The van der Waals surface area contributed by atoms with Gasteiger partial charge in [-0.15, -0.1) is 0 Å². The molecule has 1 aliphatic rings. The molecule has 0 aliphatic carbocycles. The van der Waals surface area contributed by atoms with Gasteiger partial charge in [0, 0.05) is 48.9 Å². The number of ketones is 1. The van der Waals surface area contributed by atoms with E-state index < -0.39 is 0 Å². The lowest BCUT2D eigenvalue weighted by atomic mass is 10.1. The van der Waals surface area contributed by atoms with Crippen molar-refractivity contribution < 1.29 is 9.59 Å². The average molecular weight is 389 g/mol. The maximum Gasteiger partial charge on any atom is 0.253 e. The average Bonchev–Trinajstić information content (AvgIpc) is 2.74. The van der Waals surface area contributed by atoms with Gasteiger partial charge in [0.25, 0.3) is 5.91 Å². The highest BCUT2D eigenvalue weighted by molar-refractivity contribution is 6.00. The van der Waals surface area contributed by atoms with Crippen LogP contribution in [0.2, 0.25) is 0 Å². The molecular weight excluding hydrogens is 366 g/mol. The summed E-state index contributed by atoms with van der Waals surface area (Å²) < 4.78 is 0. The van der Waals surface area contributed by atoms with Gasteiger partial charge in [0.05, 0.1) is 6.54 Å². The Kier molecular flexibility index (Phi) is 5.27. The Morgan fingerprint density at radius 3 is 2.31 bits per heavy atom. The Hall–Kier alpha value is -3.25. The summed E-state index contributed by atoms with van der Waals surface area (Å²) >= 11 is 0. The maximum atomic E-state index is 12.7. The topological polar surface area (TPSA) is 73.5 Å². The van der Waals surface area contributed by atoms with Crippen LogP contribution in [0.3, 0.4) is 0 Å². The second kappa shape index (κ2) is 8.01. The molecule has 2 aromatic carbocycles. The van der Waals surface area contributed by atoms with Gasteiger partial charge in [0.2, 0.25) is 5.56 Å². The van der Waals surface area contributed by atoms with Crippen molar-refractivity contribution in [3.8, 4) is 0 Å². The molecule has 1 saturated heterocycles. The van der Waals surface area contributed by atoms with Crippen LogP contribution < -0.4 is 5.56 Å². The molecular formula is C23H23N3O3. The zero-order valence-corrected chi connectivity index (χ0v) is 16.4. The van der Waals surface area contributed by atoms with Crippen molar-refractivity contribution in [3.05, 3.63) is 81.6 Å². The van der Waals surface area contributed by atoms with E-state index in [-0.39, 0.29) is 17.2 Å². The molecule has 0 spiro atoms. The van der Waals surface area contributed by atoms with Crippen molar-refractivity contribution in [3.63, 3.8) is 0 Å². The third kappa shape index (κ3) is 4.27. The minimum Gasteiger partial charge on any atom is -0.336 e. The van der Waals surface area contributed by atoms with E-state index in [4.69, 9.17) is 0 Å². The monoisotopic (exact) mass is 389 g/mol. The van der Waals surface area contributed by atoms with E-state index in [1.807, 2.05) is 42.2 Å². The number of piperazine rings is 1. The molecule has 6 nitrogen and oxygen atoms in total. The smallest absolute Gasteiger partial charge is 0.253 e. The number of H-pyrrole nitrogens is 1. The minimum absolute atomic E-state index is 0.0383. The number of carbonyl (C=O) groups excluding carboxylic acids is 2. The van der Waals surface area contributed by atoms with Gasteiger partial charge in [-0.3, -0.25) is 19.3 Å².